The standard InChI is InChI=1S/C20H19NO2S/c22-24(23,18-13-12-15-6-1-2-8-17(15)14-18)21-20-11-5-9-16-7-3-4-10-19(16)20/h1-4,6-8,10,12-14,20-21H,5,9,11H2. The molecule has 0 radical (unpaired) electrons. The predicted molar refractivity (Wildman–Crippen MR) is 96.4 cm³/mol. The third-order valence-corrected chi connectivity index (χ3v) is 6.17. The van der Waals surface area contributed by atoms with Crippen molar-refractivity contribution in [3.63, 3.8) is 0 Å². The topological polar surface area (TPSA) is 46.2 Å². The van der Waals surface area contributed by atoms with Crippen LogP contribution in [-0.2, 0) is 16.4 Å². The maximum absolute atomic E-state index is 12.8. The van der Waals surface area contributed by atoms with Gasteiger partial charge in [-0.25, -0.2) is 13.1 Å². The van der Waals surface area contributed by atoms with Crippen molar-refractivity contribution >= 4 is 20.8 Å². The van der Waals surface area contributed by atoms with Gasteiger partial charge in [0, 0.05) is 6.04 Å². The average Bonchev–Trinajstić information content (AvgIpc) is 2.61. The van der Waals surface area contributed by atoms with E-state index in [0.717, 1.165) is 35.6 Å². The molecule has 3 aromatic carbocycles. The van der Waals surface area contributed by atoms with Crippen LogP contribution < -0.4 is 4.72 Å². The molecule has 3 nitrogen and oxygen atoms in total. The van der Waals surface area contributed by atoms with Gasteiger partial charge in [-0.1, -0.05) is 54.6 Å². The lowest BCUT2D eigenvalue weighted by Gasteiger charge is -2.26. The Labute approximate surface area is 142 Å². The molecule has 3 aromatic rings. The lowest BCUT2D eigenvalue weighted by molar-refractivity contribution is 0.507. The van der Waals surface area contributed by atoms with Gasteiger partial charge in [-0.05, 0) is 53.3 Å². The van der Waals surface area contributed by atoms with Gasteiger partial charge in [-0.3, -0.25) is 0 Å². The maximum Gasteiger partial charge on any atom is 0.241 e. The zero-order valence-electron chi connectivity index (χ0n) is 13.3. The molecule has 1 aliphatic rings. The number of sulfonamides is 1. The van der Waals surface area contributed by atoms with E-state index in [0.29, 0.717) is 4.90 Å². The molecule has 0 saturated carbocycles. The van der Waals surface area contributed by atoms with Crippen LogP contribution in [0.15, 0.2) is 71.6 Å². The Bertz CT molecular complexity index is 995. The van der Waals surface area contributed by atoms with Crippen LogP contribution in [0.5, 0.6) is 0 Å². The predicted octanol–water partition coefficient (Wildman–Crippen LogP) is 4.20. The zero-order valence-corrected chi connectivity index (χ0v) is 14.1. The molecule has 0 heterocycles. The molecule has 0 aromatic heterocycles. The Hall–Kier alpha value is -2.17. The van der Waals surface area contributed by atoms with E-state index in [4.69, 9.17) is 0 Å². The van der Waals surface area contributed by atoms with Gasteiger partial charge in [-0.2, -0.15) is 0 Å². The summed E-state index contributed by atoms with van der Waals surface area (Å²) >= 11 is 0. The molecule has 1 aliphatic carbocycles. The van der Waals surface area contributed by atoms with Crippen LogP contribution >= 0.6 is 0 Å². The lowest BCUT2D eigenvalue weighted by atomic mass is 9.88. The maximum atomic E-state index is 12.8. The number of nitrogens with one attached hydrogen (secondary N) is 1. The highest BCUT2D eigenvalue weighted by molar-refractivity contribution is 7.89. The van der Waals surface area contributed by atoms with E-state index in [9.17, 15) is 8.42 Å². The molecule has 0 fully saturated rings. The number of rotatable bonds is 3. The van der Waals surface area contributed by atoms with Crippen LogP contribution in [0, 0.1) is 0 Å². The van der Waals surface area contributed by atoms with E-state index in [1.54, 1.807) is 12.1 Å². The molecule has 4 heteroatoms. The second-order valence-corrected chi connectivity index (χ2v) is 7.99. The van der Waals surface area contributed by atoms with Crippen molar-refractivity contribution in [3.05, 3.63) is 77.9 Å². The quantitative estimate of drug-likeness (QED) is 0.779. The molecule has 0 aliphatic heterocycles. The van der Waals surface area contributed by atoms with Crippen molar-refractivity contribution in [2.75, 3.05) is 0 Å². The number of fused-ring (bicyclic) bond motifs is 2. The molecule has 0 saturated heterocycles. The summed E-state index contributed by atoms with van der Waals surface area (Å²) in [5.41, 5.74) is 2.35. The fraction of sp³-hybridized carbons (Fsp3) is 0.200. The number of hydrogen-bond acceptors (Lipinski definition) is 2. The fourth-order valence-electron chi connectivity index (χ4n) is 3.47. The van der Waals surface area contributed by atoms with Crippen molar-refractivity contribution < 1.29 is 8.42 Å². The number of aryl methyl sites for hydroxylation is 1. The molecule has 0 amide bonds. The van der Waals surface area contributed by atoms with E-state index in [2.05, 4.69) is 10.8 Å². The van der Waals surface area contributed by atoms with Gasteiger partial charge in [0.2, 0.25) is 10.0 Å². The van der Waals surface area contributed by atoms with Gasteiger partial charge < -0.3 is 0 Å². The summed E-state index contributed by atoms with van der Waals surface area (Å²) in [5, 5.41) is 1.98. The summed E-state index contributed by atoms with van der Waals surface area (Å²) in [7, 11) is -3.54. The van der Waals surface area contributed by atoms with Gasteiger partial charge in [-0.15, -0.1) is 0 Å². The Kier molecular flexibility index (Phi) is 3.87. The second kappa shape index (κ2) is 6.04. The number of hydrogen-bond donors (Lipinski definition) is 1. The van der Waals surface area contributed by atoms with Crippen molar-refractivity contribution in [2.45, 2.75) is 30.2 Å². The molecule has 24 heavy (non-hydrogen) atoms. The van der Waals surface area contributed by atoms with Crippen LogP contribution in [0.1, 0.15) is 30.0 Å². The van der Waals surface area contributed by atoms with Crippen molar-refractivity contribution in [1.82, 2.24) is 4.72 Å². The summed E-state index contributed by atoms with van der Waals surface area (Å²) in [6.45, 7) is 0. The lowest BCUT2D eigenvalue weighted by Crippen LogP contribution is -2.31. The van der Waals surface area contributed by atoms with Crippen LogP contribution in [0.25, 0.3) is 10.8 Å². The van der Waals surface area contributed by atoms with Crippen LogP contribution in [0.2, 0.25) is 0 Å². The summed E-state index contributed by atoms with van der Waals surface area (Å²) in [4.78, 5) is 0.323. The first-order valence-electron chi connectivity index (χ1n) is 8.22. The average molecular weight is 337 g/mol. The molecule has 1 unspecified atom stereocenters. The van der Waals surface area contributed by atoms with Crippen molar-refractivity contribution in [2.24, 2.45) is 0 Å². The second-order valence-electron chi connectivity index (χ2n) is 6.27. The van der Waals surface area contributed by atoms with Crippen LogP contribution in [0.4, 0.5) is 0 Å². The summed E-state index contributed by atoms with van der Waals surface area (Å²) < 4.78 is 28.6. The minimum atomic E-state index is -3.54. The van der Waals surface area contributed by atoms with E-state index < -0.39 is 10.0 Å². The molecule has 4 rings (SSSR count). The SMILES string of the molecule is O=S(=O)(NC1CCCc2ccccc21)c1ccc2ccccc2c1. The van der Waals surface area contributed by atoms with Crippen molar-refractivity contribution in [3.8, 4) is 0 Å². The third-order valence-electron chi connectivity index (χ3n) is 4.70. The summed E-state index contributed by atoms with van der Waals surface area (Å²) in [5.74, 6) is 0. The molecular formula is C20H19NO2S. The monoisotopic (exact) mass is 337 g/mol. The normalized spacial score (nSPS) is 17.6. The van der Waals surface area contributed by atoms with Crippen molar-refractivity contribution in [1.29, 1.82) is 0 Å². The minimum absolute atomic E-state index is 0.147. The summed E-state index contributed by atoms with van der Waals surface area (Å²) in [6, 6.07) is 21.0. The van der Waals surface area contributed by atoms with Crippen LogP contribution in [-0.4, -0.2) is 8.42 Å². The first kappa shape index (κ1) is 15.4. The van der Waals surface area contributed by atoms with Gasteiger partial charge in [0.25, 0.3) is 0 Å². The van der Waals surface area contributed by atoms with Gasteiger partial charge >= 0.3 is 0 Å². The highest BCUT2D eigenvalue weighted by atomic mass is 32.2. The molecule has 1 N–H and O–H groups in total. The van der Waals surface area contributed by atoms with E-state index in [1.165, 1.54) is 5.56 Å². The smallest absolute Gasteiger partial charge is 0.207 e. The first-order chi connectivity index (χ1) is 11.6. The molecule has 1 atom stereocenters. The Morgan fingerprint density at radius 3 is 2.50 bits per heavy atom. The number of benzene rings is 3. The first-order valence-corrected chi connectivity index (χ1v) is 9.71. The molecule has 0 bridgehead atoms. The molecule has 0 spiro atoms. The highest BCUT2D eigenvalue weighted by Gasteiger charge is 2.25. The Morgan fingerprint density at radius 2 is 1.62 bits per heavy atom. The fourth-order valence-corrected chi connectivity index (χ4v) is 4.75. The van der Waals surface area contributed by atoms with E-state index >= 15 is 0 Å². The van der Waals surface area contributed by atoms with Gasteiger partial charge in [0.15, 0.2) is 0 Å². The largest absolute Gasteiger partial charge is 0.241 e. The van der Waals surface area contributed by atoms with E-state index in [1.807, 2.05) is 48.5 Å². The summed E-state index contributed by atoms with van der Waals surface area (Å²) in [6.07, 6.45) is 2.86. The zero-order chi connectivity index (χ0) is 16.6. The highest BCUT2D eigenvalue weighted by Crippen LogP contribution is 2.31. The molecular weight excluding hydrogens is 318 g/mol. The van der Waals surface area contributed by atoms with Gasteiger partial charge in [0.1, 0.15) is 0 Å². The third kappa shape index (κ3) is 2.83. The van der Waals surface area contributed by atoms with Gasteiger partial charge in [0.05, 0.1) is 4.90 Å². The molecule has 122 valence electrons. The minimum Gasteiger partial charge on any atom is -0.207 e. The Morgan fingerprint density at radius 1 is 0.875 bits per heavy atom. The Balaban J connectivity index is 1.68. The van der Waals surface area contributed by atoms with E-state index in [-0.39, 0.29) is 6.04 Å². The van der Waals surface area contributed by atoms with Crippen LogP contribution in [0.3, 0.4) is 0 Å².